The van der Waals surface area contributed by atoms with Gasteiger partial charge in [0, 0.05) is 27.7 Å². The molecule has 0 N–H and O–H groups in total. The maximum Gasteiger partial charge on any atom is 0.271 e. The number of nitro groups is 1. The van der Waals surface area contributed by atoms with Crippen LogP contribution in [0.1, 0.15) is 32.4 Å². The number of hydrogen-bond acceptors (Lipinski definition) is 7. The number of carbonyl (C=O) groups is 4. The summed E-state index contributed by atoms with van der Waals surface area (Å²) < 4.78 is 6.97. The number of ether oxygens (including phenoxy) is 1. The number of hydrogen-bond donors (Lipinski definition) is 0. The predicted molar refractivity (Wildman–Crippen MR) is 128 cm³/mol. The van der Waals surface area contributed by atoms with Gasteiger partial charge in [0.25, 0.3) is 5.69 Å². The van der Waals surface area contributed by atoms with Crippen molar-refractivity contribution in [3.8, 4) is 0 Å². The molecule has 0 radical (unpaired) electrons. The molecule has 3 aliphatic rings. The molecule has 3 atom stereocenters. The van der Waals surface area contributed by atoms with Crippen LogP contribution in [0.15, 0.2) is 77.3 Å². The number of fused-ring (bicyclic) bond motifs is 3. The SMILES string of the molecule is O=C1[C@H]2[C@@H](c3ccc(Br)cc3)OC3(C(=O)c4ccccc4C3=O)[C@H]2C(=O)N1c1cccc([N+](=O)[O-])c1. The maximum absolute atomic E-state index is 13.9. The van der Waals surface area contributed by atoms with Gasteiger partial charge in [-0.15, -0.1) is 0 Å². The van der Waals surface area contributed by atoms with E-state index in [-0.39, 0.29) is 22.5 Å². The van der Waals surface area contributed by atoms with Crippen molar-refractivity contribution in [1.29, 1.82) is 0 Å². The number of amides is 2. The summed E-state index contributed by atoms with van der Waals surface area (Å²) in [5.41, 5.74) is -1.73. The number of non-ortho nitro benzene ring substituents is 1. The molecule has 178 valence electrons. The number of Topliss-reactive ketones (excluding diaryl/α,β-unsaturated/α-hetero) is 2. The average molecular weight is 547 g/mol. The Morgan fingerprint density at radius 3 is 2.11 bits per heavy atom. The van der Waals surface area contributed by atoms with Crippen LogP contribution in [-0.4, -0.2) is 33.9 Å². The highest BCUT2D eigenvalue weighted by Crippen LogP contribution is 2.57. The van der Waals surface area contributed by atoms with E-state index < -0.39 is 51.8 Å². The molecule has 1 spiro atoms. The fourth-order valence-corrected chi connectivity index (χ4v) is 5.74. The Hall–Kier alpha value is -4.02. The highest BCUT2D eigenvalue weighted by atomic mass is 79.9. The lowest BCUT2D eigenvalue weighted by Crippen LogP contribution is -2.51. The van der Waals surface area contributed by atoms with Crippen LogP contribution in [0.3, 0.4) is 0 Å². The third-order valence-electron chi connectivity index (χ3n) is 7.02. The second-order valence-electron chi connectivity index (χ2n) is 8.82. The summed E-state index contributed by atoms with van der Waals surface area (Å²) >= 11 is 3.36. The monoisotopic (exact) mass is 546 g/mol. The molecule has 3 aromatic rings. The van der Waals surface area contributed by atoms with Crippen molar-refractivity contribution in [2.45, 2.75) is 11.7 Å². The molecule has 0 bridgehead atoms. The lowest BCUT2D eigenvalue weighted by molar-refractivity contribution is -0.384. The average Bonchev–Trinajstić information content (AvgIpc) is 3.44. The summed E-state index contributed by atoms with van der Waals surface area (Å²) in [5.74, 6) is -5.43. The number of benzene rings is 3. The molecule has 9 nitrogen and oxygen atoms in total. The molecule has 0 unspecified atom stereocenters. The number of rotatable bonds is 3. The Kier molecular flexibility index (Phi) is 4.83. The van der Waals surface area contributed by atoms with E-state index in [9.17, 15) is 29.3 Å². The zero-order valence-electron chi connectivity index (χ0n) is 18.3. The van der Waals surface area contributed by atoms with E-state index in [2.05, 4.69) is 15.9 Å². The highest BCUT2D eigenvalue weighted by molar-refractivity contribution is 9.10. The Morgan fingerprint density at radius 2 is 1.50 bits per heavy atom. The summed E-state index contributed by atoms with van der Waals surface area (Å²) in [7, 11) is 0. The zero-order valence-corrected chi connectivity index (χ0v) is 19.9. The first kappa shape index (κ1) is 22.4. The van der Waals surface area contributed by atoms with Gasteiger partial charge in [-0.05, 0) is 23.8 Å². The summed E-state index contributed by atoms with van der Waals surface area (Å²) in [6.07, 6.45) is -1.06. The number of halogens is 1. The van der Waals surface area contributed by atoms with E-state index in [0.717, 1.165) is 15.4 Å². The van der Waals surface area contributed by atoms with Crippen molar-refractivity contribution in [2.75, 3.05) is 4.90 Å². The molecular formula is C26H15BrN2O7. The number of carbonyl (C=O) groups excluding carboxylic acids is 4. The van der Waals surface area contributed by atoms with Crippen molar-refractivity contribution in [3.63, 3.8) is 0 Å². The molecular weight excluding hydrogens is 532 g/mol. The molecule has 2 aliphatic heterocycles. The predicted octanol–water partition coefficient (Wildman–Crippen LogP) is 4.05. The fourth-order valence-electron chi connectivity index (χ4n) is 5.47. The van der Waals surface area contributed by atoms with Crippen LogP contribution in [0, 0.1) is 22.0 Å². The lowest BCUT2D eigenvalue weighted by atomic mass is 9.77. The fraction of sp³-hybridized carbons (Fsp3) is 0.154. The Morgan fingerprint density at radius 1 is 0.861 bits per heavy atom. The summed E-state index contributed by atoms with van der Waals surface area (Å²) in [6.45, 7) is 0. The summed E-state index contributed by atoms with van der Waals surface area (Å²) in [4.78, 5) is 66.6. The third-order valence-corrected chi connectivity index (χ3v) is 7.55. The first-order valence-corrected chi connectivity index (χ1v) is 11.8. The van der Waals surface area contributed by atoms with Gasteiger partial charge in [0.15, 0.2) is 0 Å². The van der Waals surface area contributed by atoms with Gasteiger partial charge >= 0.3 is 0 Å². The topological polar surface area (TPSA) is 124 Å². The molecule has 1 aliphatic carbocycles. The smallest absolute Gasteiger partial charge is 0.271 e. The largest absolute Gasteiger partial charge is 0.349 e. The summed E-state index contributed by atoms with van der Waals surface area (Å²) in [6, 6.07) is 18.2. The van der Waals surface area contributed by atoms with E-state index in [0.29, 0.717) is 5.56 Å². The second kappa shape index (κ2) is 7.74. The minimum Gasteiger partial charge on any atom is -0.349 e. The van der Waals surface area contributed by atoms with Crippen LogP contribution in [-0.2, 0) is 14.3 Å². The van der Waals surface area contributed by atoms with E-state index in [1.165, 1.54) is 30.3 Å². The normalized spacial score (nSPS) is 23.9. The maximum atomic E-state index is 13.9. The molecule has 36 heavy (non-hydrogen) atoms. The Balaban J connectivity index is 1.54. The number of nitro benzene ring substituents is 1. The van der Waals surface area contributed by atoms with E-state index in [1.807, 2.05) is 0 Å². The number of imide groups is 1. The van der Waals surface area contributed by atoms with Crippen LogP contribution in [0.2, 0.25) is 0 Å². The molecule has 2 saturated heterocycles. The van der Waals surface area contributed by atoms with Crippen molar-refractivity contribution >= 4 is 50.7 Å². The van der Waals surface area contributed by atoms with E-state index in [1.54, 1.807) is 36.4 Å². The molecule has 2 fully saturated rings. The molecule has 3 aromatic carbocycles. The van der Waals surface area contributed by atoms with Gasteiger partial charge in [0.2, 0.25) is 29.0 Å². The molecule has 0 saturated carbocycles. The van der Waals surface area contributed by atoms with Crippen molar-refractivity contribution in [1.82, 2.24) is 0 Å². The van der Waals surface area contributed by atoms with Gasteiger partial charge < -0.3 is 4.74 Å². The number of nitrogens with zero attached hydrogens (tertiary/aromatic N) is 2. The van der Waals surface area contributed by atoms with Gasteiger partial charge in [-0.1, -0.05) is 58.4 Å². The standard InChI is InChI=1S/C26H15BrN2O7/c27-14-10-8-13(9-11-14)21-19-20(26(36-21)22(30)17-6-1-2-7-18(17)23(26)31)25(33)28(24(19)32)15-4-3-5-16(12-15)29(34)35/h1-12,19-21H/t19-,20-,21-/m1/s1. The Labute approximate surface area is 211 Å². The van der Waals surface area contributed by atoms with Crippen LogP contribution in [0.25, 0.3) is 0 Å². The van der Waals surface area contributed by atoms with Gasteiger partial charge in [0.05, 0.1) is 28.6 Å². The summed E-state index contributed by atoms with van der Waals surface area (Å²) in [5, 5.41) is 11.3. The van der Waals surface area contributed by atoms with Crippen molar-refractivity contribution < 1.29 is 28.8 Å². The minimum atomic E-state index is -2.20. The number of ketones is 2. The third kappa shape index (κ3) is 2.85. The zero-order chi connectivity index (χ0) is 25.4. The Bertz CT molecular complexity index is 1480. The molecule has 6 rings (SSSR count). The lowest BCUT2D eigenvalue weighted by Gasteiger charge is -2.27. The van der Waals surface area contributed by atoms with Crippen LogP contribution >= 0.6 is 15.9 Å². The quantitative estimate of drug-likeness (QED) is 0.210. The number of anilines is 1. The molecule has 0 aromatic heterocycles. The molecule has 2 amide bonds. The van der Waals surface area contributed by atoms with E-state index >= 15 is 0 Å². The van der Waals surface area contributed by atoms with Crippen LogP contribution < -0.4 is 4.90 Å². The van der Waals surface area contributed by atoms with Crippen LogP contribution in [0.5, 0.6) is 0 Å². The first-order chi connectivity index (χ1) is 17.3. The van der Waals surface area contributed by atoms with Gasteiger partial charge in [0.1, 0.15) is 0 Å². The minimum absolute atomic E-state index is 0.00582. The molecule has 10 heteroatoms. The van der Waals surface area contributed by atoms with Gasteiger partial charge in [-0.2, -0.15) is 0 Å². The van der Waals surface area contributed by atoms with E-state index in [4.69, 9.17) is 4.74 Å². The van der Waals surface area contributed by atoms with Crippen molar-refractivity contribution in [3.05, 3.63) is 104 Å². The van der Waals surface area contributed by atoms with Gasteiger partial charge in [-0.25, -0.2) is 4.90 Å². The second-order valence-corrected chi connectivity index (χ2v) is 9.74. The molecule has 2 heterocycles. The van der Waals surface area contributed by atoms with Crippen LogP contribution in [0.4, 0.5) is 11.4 Å². The highest BCUT2D eigenvalue weighted by Gasteiger charge is 2.74. The van der Waals surface area contributed by atoms with Gasteiger partial charge in [-0.3, -0.25) is 29.3 Å². The first-order valence-electron chi connectivity index (χ1n) is 11.0. The van der Waals surface area contributed by atoms with Crippen molar-refractivity contribution in [2.24, 2.45) is 11.8 Å².